The summed E-state index contributed by atoms with van der Waals surface area (Å²) in [6, 6.07) is 7.14. The predicted octanol–water partition coefficient (Wildman–Crippen LogP) is 3.14. The van der Waals surface area contributed by atoms with Crippen LogP contribution in [-0.4, -0.2) is 68.9 Å². The van der Waals surface area contributed by atoms with Crippen LogP contribution in [-0.2, 0) is 4.74 Å². The van der Waals surface area contributed by atoms with Crippen LogP contribution in [0.3, 0.4) is 0 Å². The molecule has 1 aromatic carbocycles. The summed E-state index contributed by atoms with van der Waals surface area (Å²) in [6.07, 6.45) is 1.53. The summed E-state index contributed by atoms with van der Waals surface area (Å²) in [6.45, 7) is 6.32. The number of anilines is 2. The van der Waals surface area contributed by atoms with E-state index in [2.05, 4.69) is 27.4 Å². The molecule has 30 heavy (non-hydrogen) atoms. The van der Waals surface area contributed by atoms with Gasteiger partial charge >= 0.3 is 0 Å². The molecule has 8 nitrogen and oxygen atoms in total. The number of carbonyl (C=O) groups is 1. The van der Waals surface area contributed by atoms with Crippen molar-refractivity contribution < 1.29 is 19.0 Å². The lowest BCUT2D eigenvalue weighted by atomic mass is 10.2. The van der Waals surface area contributed by atoms with E-state index >= 15 is 0 Å². The molecule has 1 aromatic heterocycles. The Morgan fingerprint density at radius 2 is 2.10 bits per heavy atom. The van der Waals surface area contributed by atoms with E-state index in [1.54, 1.807) is 24.3 Å². The van der Waals surface area contributed by atoms with E-state index in [1.165, 1.54) is 20.4 Å². The van der Waals surface area contributed by atoms with Crippen LogP contribution < -0.4 is 20.1 Å². The molecule has 1 saturated heterocycles. The number of carbonyl (C=O) groups excluding carboxylic acids is 1. The Morgan fingerprint density at radius 1 is 1.30 bits per heavy atom. The van der Waals surface area contributed by atoms with E-state index in [1.807, 2.05) is 0 Å². The SMILES string of the molecule is COc1cc(OC)c(NC(=O)c2ccc(NCCN3CCOCC3C)nc2)cc1Cl. The van der Waals surface area contributed by atoms with Crippen molar-refractivity contribution in [2.24, 2.45) is 0 Å². The zero-order chi connectivity index (χ0) is 21.5. The Labute approximate surface area is 181 Å². The highest BCUT2D eigenvalue weighted by atomic mass is 35.5. The summed E-state index contributed by atoms with van der Waals surface area (Å²) < 4.78 is 15.9. The first-order valence-electron chi connectivity index (χ1n) is 9.76. The Bertz CT molecular complexity index is 863. The second-order valence-corrected chi connectivity index (χ2v) is 7.37. The lowest BCUT2D eigenvalue weighted by molar-refractivity contribution is 0.00181. The topological polar surface area (TPSA) is 85.0 Å². The van der Waals surface area contributed by atoms with Crippen molar-refractivity contribution in [1.82, 2.24) is 9.88 Å². The van der Waals surface area contributed by atoms with E-state index in [9.17, 15) is 4.79 Å². The van der Waals surface area contributed by atoms with Crippen molar-refractivity contribution in [3.63, 3.8) is 0 Å². The van der Waals surface area contributed by atoms with Crippen molar-refractivity contribution in [2.45, 2.75) is 13.0 Å². The van der Waals surface area contributed by atoms with Gasteiger partial charge in [0.15, 0.2) is 0 Å². The van der Waals surface area contributed by atoms with Gasteiger partial charge in [0.05, 0.1) is 43.7 Å². The number of halogens is 1. The number of nitrogens with zero attached hydrogens (tertiary/aromatic N) is 2. The largest absolute Gasteiger partial charge is 0.495 e. The number of pyridine rings is 1. The summed E-state index contributed by atoms with van der Waals surface area (Å²) in [7, 11) is 3.03. The third-order valence-corrected chi connectivity index (χ3v) is 5.25. The van der Waals surface area contributed by atoms with Gasteiger partial charge < -0.3 is 24.8 Å². The minimum atomic E-state index is -0.310. The second kappa shape index (κ2) is 10.5. The number of aromatic nitrogens is 1. The molecule has 1 fully saturated rings. The molecule has 1 aliphatic rings. The van der Waals surface area contributed by atoms with E-state index in [0.717, 1.165) is 38.7 Å². The number of morpholine rings is 1. The van der Waals surface area contributed by atoms with Gasteiger partial charge in [-0.3, -0.25) is 9.69 Å². The molecule has 0 bridgehead atoms. The van der Waals surface area contributed by atoms with Crippen molar-refractivity contribution in [3.05, 3.63) is 41.0 Å². The molecule has 3 rings (SSSR count). The molecule has 0 radical (unpaired) electrons. The number of benzene rings is 1. The molecule has 1 amide bonds. The van der Waals surface area contributed by atoms with Gasteiger partial charge in [-0.1, -0.05) is 11.6 Å². The van der Waals surface area contributed by atoms with E-state index in [-0.39, 0.29) is 5.91 Å². The molecule has 0 aliphatic carbocycles. The Kier molecular flexibility index (Phi) is 7.73. The van der Waals surface area contributed by atoms with Crippen LogP contribution in [0.1, 0.15) is 17.3 Å². The average Bonchev–Trinajstić information content (AvgIpc) is 2.76. The molecule has 2 heterocycles. The Balaban J connectivity index is 1.57. The summed E-state index contributed by atoms with van der Waals surface area (Å²) in [5, 5.41) is 6.46. The monoisotopic (exact) mass is 434 g/mol. The predicted molar refractivity (Wildman–Crippen MR) is 117 cm³/mol. The van der Waals surface area contributed by atoms with Crippen LogP contribution in [0, 0.1) is 0 Å². The number of rotatable bonds is 8. The van der Waals surface area contributed by atoms with Gasteiger partial charge in [-0.05, 0) is 25.1 Å². The number of hydrogen-bond donors (Lipinski definition) is 2. The molecule has 0 spiro atoms. The summed E-state index contributed by atoms with van der Waals surface area (Å²) in [5.41, 5.74) is 0.881. The molecule has 1 atom stereocenters. The fourth-order valence-corrected chi connectivity index (χ4v) is 3.45. The third kappa shape index (κ3) is 5.53. The maximum atomic E-state index is 12.6. The van der Waals surface area contributed by atoms with Crippen LogP contribution in [0.4, 0.5) is 11.5 Å². The van der Waals surface area contributed by atoms with E-state index in [4.69, 9.17) is 25.8 Å². The molecule has 9 heteroatoms. The first-order valence-corrected chi connectivity index (χ1v) is 10.1. The van der Waals surface area contributed by atoms with Crippen LogP contribution in [0.5, 0.6) is 11.5 Å². The molecule has 2 N–H and O–H groups in total. The molecule has 1 unspecified atom stereocenters. The van der Waals surface area contributed by atoms with Crippen molar-refractivity contribution in [3.8, 4) is 11.5 Å². The molecule has 0 saturated carbocycles. The molecule has 2 aromatic rings. The maximum absolute atomic E-state index is 12.6. The van der Waals surface area contributed by atoms with E-state index < -0.39 is 0 Å². The van der Waals surface area contributed by atoms with E-state index in [0.29, 0.717) is 33.8 Å². The zero-order valence-corrected chi connectivity index (χ0v) is 18.2. The molecular formula is C21H27ClN4O4. The molecule has 1 aliphatic heterocycles. The van der Waals surface area contributed by atoms with Crippen LogP contribution in [0.2, 0.25) is 5.02 Å². The lowest BCUT2D eigenvalue weighted by Gasteiger charge is -2.33. The van der Waals surface area contributed by atoms with Crippen LogP contribution in [0.15, 0.2) is 30.5 Å². The standard InChI is InChI=1S/C21H27ClN4O4/c1-14-13-30-9-8-26(14)7-6-23-20-5-4-15(12-24-20)21(27)25-17-10-16(22)18(28-2)11-19(17)29-3/h4-5,10-12,14H,6-9,13H2,1-3H3,(H,23,24)(H,25,27). The lowest BCUT2D eigenvalue weighted by Crippen LogP contribution is -2.45. The Morgan fingerprint density at radius 3 is 2.77 bits per heavy atom. The van der Waals surface area contributed by atoms with Crippen LogP contribution >= 0.6 is 11.6 Å². The fourth-order valence-electron chi connectivity index (χ4n) is 3.21. The zero-order valence-electron chi connectivity index (χ0n) is 17.4. The fraction of sp³-hybridized carbons (Fsp3) is 0.429. The van der Waals surface area contributed by atoms with Gasteiger partial charge in [0.25, 0.3) is 5.91 Å². The van der Waals surface area contributed by atoms with Gasteiger partial charge in [0.1, 0.15) is 17.3 Å². The average molecular weight is 435 g/mol. The number of methoxy groups -OCH3 is 2. The normalized spacial score (nSPS) is 16.7. The van der Waals surface area contributed by atoms with Crippen molar-refractivity contribution in [1.29, 1.82) is 0 Å². The number of hydrogen-bond acceptors (Lipinski definition) is 7. The smallest absolute Gasteiger partial charge is 0.257 e. The van der Waals surface area contributed by atoms with Crippen molar-refractivity contribution >= 4 is 29.0 Å². The quantitative estimate of drug-likeness (QED) is 0.660. The summed E-state index contributed by atoms with van der Waals surface area (Å²) in [5.74, 6) is 1.33. The summed E-state index contributed by atoms with van der Waals surface area (Å²) in [4.78, 5) is 19.3. The van der Waals surface area contributed by atoms with Gasteiger partial charge in [0, 0.05) is 37.9 Å². The summed E-state index contributed by atoms with van der Waals surface area (Å²) >= 11 is 6.16. The van der Waals surface area contributed by atoms with Gasteiger partial charge in [-0.15, -0.1) is 0 Å². The number of nitrogens with one attached hydrogen (secondary N) is 2. The highest BCUT2D eigenvalue weighted by Crippen LogP contribution is 2.36. The minimum absolute atomic E-state index is 0.310. The van der Waals surface area contributed by atoms with Gasteiger partial charge in [-0.2, -0.15) is 0 Å². The highest BCUT2D eigenvalue weighted by Gasteiger charge is 2.18. The first-order chi connectivity index (χ1) is 14.5. The Hall–Kier alpha value is -2.55. The molecular weight excluding hydrogens is 408 g/mol. The van der Waals surface area contributed by atoms with Crippen molar-refractivity contribution in [2.75, 3.05) is 57.7 Å². The number of ether oxygens (including phenoxy) is 3. The first kappa shape index (κ1) is 22.1. The van der Waals surface area contributed by atoms with Crippen LogP contribution in [0.25, 0.3) is 0 Å². The van der Waals surface area contributed by atoms with Gasteiger partial charge in [-0.25, -0.2) is 4.98 Å². The minimum Gasteiger partial charge on any atom is -0.495 e. The number of amides is 1. The van der Waals surface area contributed by atoms with Gasteiger partial charge in [0.2, 0.25) is 0 Å². The maximum Gasteiger partial charge on any atom is 0.257 e. The third-order valence-electron chi connectivity index (χ3n) is 4.96. The second-order valence-electron chi connectivity index (χ2n) is 6.96. The highest BCUT2D eigenvalue weighted by molar-refractivity contribution is 6.32. The molecule has 162 valence electrons.